The lowest BCUT2D eigenvalue weighted by atomic mass is 10.2. The third-order valence-corrected chi connectivity index (χ3v) is 3.82. The van der Waals surface area contributed by atoms with Crippen LogP contribution in [0.5, 0.6) is 11.5 Å². The Balaban J connectivity index is 1.76. The first-order valence-corrected chi connectivity index (χ1v) is 9.07. The molecule has 3 rings (SSSR count). The third kappa shape index (κ3) is 5.25. The van der Waals surface area contributed by atoms with Crippen LogP contribution in [-0.4, -0.2) is 29.7 Å². The number of carbonyl (C=O) groups excluding carboxylic acids is 1. The van der Waals surface area contributed by atoms with E-state index in [1.165, 1.54) is 7.05 Å². The van der Waals surface area contributed by atoms with E-state index < -0.39 is 11.9 Å². The highest BCUT2D eigenvalue weighted by Gasteiger charge is 2.10. The smallest absolute Gasteiger partial charge is 0.412 e. The fourth-order valence-electron chi connectivity index (χ4n) is 2.49. The van der Waals surface area contributed by atoms with Gasteiger partial charge in [0, 0.05) is 24.5 Å². The van der Waals surface area contributed by atoms with Crippen molar-refractivity contribution in [2.45, 2.75) is 6.92 Å². The average Bonchev–Trinajstić information content (AvgIpc) is 2.73. The van der Waals surface area contributed by atoms with Crippen LogP contribution in [0.4, 0.5) is 38.0 Å². The van der Waals surface area contributed by atoms with Gasteiger partial charge in [0.25, 0.3) is 0 Å². The molecule has 0 radical (unpaired) electrons. The Morgan fingerprint density at radius 1 is 1.17 bits per heavy atom. The number of nitrogen functional groups attached to an aromatic ring is 1. The maximum atomic E-state index is 14.2. The van der Waals surface area contributed by atoms with Gasteiger partial charge < -0.3 is 31.2 Å². The van der Waals surface area contributed by atoms with Gasteiger partial charge in [0.1, 0.15) is 11.5 Å². The summed E-state index contributed by atoms with van der Waals surface area (Å²) in [7, 11) is 1.46. The highest BCUT2D eigenvalue weighted by atomic mass is 19.1. The molecule has 5 N–H and O–H groups in total. The average molecular weight is 412 g/mol. The summed E-state index contributed by atoms with van der Waals surface area (Å²) in [6.07, 6.45) is 0.451. The number of halogens is 1. The largest absolute Gasteiger partial charge is 0.492 e. The molecule has 30 heavy (non-hydrogen) atoms. The maximum Gasteiger partial charge on any atom is 0.412 e. The molecule has 0 bridgehead atoms. The zero-order valence-corrected chi connectivity index (χ0v) is 16.4. The van der Waals surface area contributed by atoms with E-state index in [2.05, 4.69) is 25.9 Å². The Labute approximate surface area is 172 Å². The van der Waals surface area contributed by atoms with Crippen LogP contribution in [0.2, 0.25) is 0 Å². The van der Waals surface area contributed by atoms with Crippen molar-refractivity contribution >= 4 is 34.9 Å². The number of ether oxygens (including phenoxy) is 2. The van der Waals surface area contributed by atoms with Crippen molar-refractivity contribution in [3.63, 3.8) is 0 Å². The number of rotatable bonds is 7. The van der Waals surface area contributed by atoms with Gasteiger partial charge >= 0.3 is 6.09 Å². The van der Waals surface area contributed by atoms with Crippen molar-refractivity contribution in [2.24, 2.45) is 0 Å². The molecule has 10 heteroatoms. The molecule has 0 saturated heterocycles. The van der Waals surface area contributed by atoms with Crippen LogP contribution in [0.3, 0.4) is 0 Å². The SMILES string of the molecule is CCOc1ccc(Nc2nc(Nc3cccc(OC(=O)NC)c3)ncc2F)cc1N. The van der Waals surface area contributed by atoms with Gasteiger partial charge in [0.2, 0.25) is 5.95 Å². The lowest BCUT2D eigenvalue weighted by molar-refractivity contribution is 0.203. The molecule has 0 fully saturated rings. The van der Waals surface area contributed by atoms with Gasteiger partial charge in [-0.2, -0.15) is 4.98 Å². The number of hydrogen-bond acceptors (Lipinski definition) is 8. The molecule has 0 atom stereocenters. The summed E-state index contributed by atoms with van der Waals surface area (Å²) in [6.45, 7) is 2.35. The Morgan fingerprint density at radius 2 is 1.97 bits per heavy atom. The van der Waals surface area contributed by atoms with Gasteiger partial charge in [0.05, 0.1) is 18.5 Å². The van der Waals surface area contributed by atoms with E-state index in [0.717, 1.165) is 6.20 Å². The number of nitrogens with zero attached hydrogens (tertiary/aromatic N) is 2. The maximum absolute atomic E-state index is 14.2. The van der Waals surface area contributed by atoms with E-state index in [-0.39, 0.29) is 11.8 Å². The zero-order chi connectivity index (χ0) is 21.5. The summed E-state index contributed by atoms with van der Waals surface area (Å²) in [4.78, 5) is 19.4. The number of carbonyl (C=O) groups is 1. The van der Waals surface area contributed by atoms with Gasteiger partial charge in [-0.15, -0.1) is 0 Å². The van der Waals surface area contributed by atoms with Crippen molar-refractivity contribution in [3.05, 3.63) is 54.5 Å². The summed E-state index contributed by atoms with van der Waals surface area (Å²) in [5.41, 5.74) is 7.46. The van der Waals surface area contributed by atoms with Crippen LogP contribution in [0, 0.1) is 5.82 Å². The van der Waals surface area contributed by atoms with Crippen LogP contribution in [0.25, 0.3) is 0 Å². The number of hydrogen-bond donors (Lipinski definition) is 4. The van der Waals surface area contributed by atoms with E-state index in [4.69, 9.17) is 15.2 Å². The first-order valence-electron chi connectivity index (χ1n) is 9.07. The zero-order valence-electron chi connectivity index (χ0n) is 16.4. The van der Waals surface area contributed by atoms with Gasteiger partial charge in [-0.25, -0.2) is 14.2 Å². The number of amides is 1. The van der Waals surface area contributed by atoms with Crippen LogP contribution in [0.15, 0.2) is 48.7 Å². The van der Waals surface area contributed by atoms with E-state index in [1.54, 1.807) is 42.5 Å². The highest BCUT2D eigenvalue weighted by Crippen LogP contribution is 2.28. The predicted octanol–water partition coefficient (Wildman–Crippen LogP) is 3.80. The molecule has 2 aromatic carbocycles. The summed E-state index contributed by atoms with van der Waals surface area (Å²) in [5.74, 6) is 0.352. The Hall–Kier alpha value is -4.08. The second kappa shape index (κ2) is 9.41. The molecule has 0 unspecified atom stereocenters. The van der Waals surface area contributed by atoms with E-state index >= 15 is 0 Å². The van der Waals surface area contributed by atoms with Gasteiger partial charge in [-0.05, 0) is 37.3 Å². The fourth-order valence-corrected chi connectivity index (χ4v) is 2.49. The molecule has 1 amide bonds. The van der Waals surface area contributed by atoms with E-state index in [9.17, 15) is 9.18 Å². The predicted molar refractivity (Wildman–Crippen MR) is 112 cm³/mol. The van der Waals surface area contributed by atoms with Crippen molar-refractivity contribution in [1.82, 2.24) is 15.3 Å². The Morgan fingerprint density at radius 3 is 2.70 bits per heavy atom. The van der Waals surface area contributed by atoms with Crippen LogP contribution < -0.4 is 31.2 Å². The third-order valence-electron chi connectivity index (χ3n) is 3.82. The molecule has 0 aliphatic heterocycles. The van der Waals surface area contributed by atoms with Gasteiger partial charge in [-0.1, -0.05) is 6.07 Å². The molecular formula is C20H21FN6O3. The van der Waals surface area contributed by atoms with E-state index in [0.29, 0.717) is 35.2 Å². The minimum absolute atomic E-state index is 0.0335. The van der Waals surface area contributed by atoms with Crippen molar-refractivity contribution < 1.29 is 18.7 Å². The number of nitrogens with one attached hydrogen (secondary N) is 3. The topological polar surface area (TPSA) is 123 Å². The lowest BCUT2D eigenvalue weighted by Crippen LogP contribution is -2.22. The van der Waals surface area contributed by atoms with Crippen LogP contribution in [-0.2, 0) is 0 Å². The van der Waals surface area contributed by atoms with Crippen molar-refractivity contribution in [1.29, 1.82) is 0 Å². The first-order chi connectivity index (χ1) is 14.5. The number of anilines is 5. The standard InChI is InChI=1S/C20H21FN6O3/c1-3-29-17-8-7-13(10-16(17)22)25-18-15(21)11-24-19(27-18)26-12-5-4-6-14(9-12)30-20(28)23-2/h4-11H,3,22H2,1-2H3,(H,23,28)(H2,24,25,26,27). The molecule has 1 aromatic heterocycles. The Kier molecular flexibility index (Phi) is 6.48. The van der Waals surface area contributed by atoms with Crippen LogP contribution >= 0.6 is 0 Å². The normalized spacial score (nSPS) is 10.2. The monoisotopic (exact) mass is 412 g/mol. The lowest BCUT2D eigenvalue weighted by Gasteiger charge is -2.12. The van der Waals surface area contributed by atoms with Crippen molar-refractivity contribution in [2.75, 3.05) is 30.0 Å². The Bertz CT molecular complexity index is 1050. The fraction of sp³-hybridized carbons (Fsp3) is 0.150. The summed E-state index contributed by atoms with van der Waals surface area (Å²) in [6, 6.07) is 11.6. The molecule has 0 saturated carbocycles. The minimum Gasteiger partial charge on any atom is -0.492 e. The molecule has 9 nitrogen and oxygen atoms in total. The molecule has 0 spiro atoms. The first kappa shape index (κ1) is 20.6. The number of benzene rings is 2. The quantitative estimate of drug-likeness (QED) is 0.432. The van der Waals surface area contributed by atoms with Crippen molar-refractivity contribution in [3.8, 4) is 11.5 Å². The van der Waals surface area contributed by atoms with E-state index in [1.807, 2.05) is 6.92 Å². The molecule has 156 valence electrons. The minimum atomic E-state index is -0.635. The number of aromatic nitrogens is 2. The molecular weight excluding hydrogens is 391 g/mol. The summed E-state index contributed by atoms with van der Waals surface area (Å²) >= 11 is 0. The second-order valence-electron chi connectivity index (χ2n) is 5.99. The van der Waals surface area contributed by atoms with Crippen LogP contribution in [0.1, 0.15) is 6.92 Å². The molecule has 0 aliphatic rings. The highest BCUT2D eigenvalue weighted by molar-refractivity contribution is 5.71. The molecule has 3 aromatic rings. The molecule has 0 aliphatic carbocycles. The molecule has 1 heterocycles. The van der Waals surface area contributed by atoms with Gasteiger partial charge in [-0.3, -0.25) is 0 Å². The van der Waals surface area contributed by atoms with Gasteiger partial charge in [0.15, 0.2) is 11.6 Å². The summed E-state index contributed by atoms with van der Waals surface area (Å²) in [5, 5.41) is 8.18. The number of nitrogens with two attached hydrogens (primary N) is 1. The summed E-state index contributed by atoms with van der Waals surface area (Å²) < 4.78 is 24.7. The second-order valence-corrected chi connectivity index (χ2v) is 5.99.